The summed E-state index contributed by atoms with van der Waals surface area (Å²) >= 11 is 4.86. The van der Waals surface area contributed by atoms with E-state index in [9.17, 15) is 9.59 Å². The normalized spacial score (nSPS) is 13.5. The van der Waals surface area contributed by atoms with Crippen LogP contribution in [0.25, 0.3) is 17.0 Å². The molecule has 168 valence electrons. The van der Waals surface area contributed by atoms with E-state index >= 15 is 0 Å². The van der Waals surface area contributed by atoms with Crippen molar-refractivity contribution in [3.05, 3.63) is 78.0 Å². The molecule has 8 heteroatoms. The highest BCUT2D eigenvalue weighted by atomic mass is 32.1. The van der Waals surface area contributed by atoms with Gasteiger partial charge < -0.3 is 14.0 Å². The largest absolute Gasteiger partial charge is 0.493 e. The van der Waals surface area contributed by atoms with Crippen molar-refractivity contribution in [2.24, 2.45) is 0 Å². The first-order chi connectivity index (χ1) is 16.0. The average Bonchev–Trinajstić information content (AvgIpc) is 3.14. The van der Waals surface area contributed by atoms with E-state index in [1.165, 1.54) is 0 Å². The number of para-hydroxylation sites is 1. The molecule has 0 radical (unpaired) electrons. The first kappa shape index (κ1) is 22.3. The molecule has 0 unspecified atom stereocenters. The van der Waals surface area contributed by atoms with Crippen LogP contribution in [-0.2, 0) is 22.6 Å². The Kier molecular flexibility index (Phi) is 6.55. The van der Waals surface area contributed by atoms with Crippen LogP contribution in [0.2, 0.25) is 0 Å². The van der Waals surface area contributed by atoms with Gasteiger partial charge in [-0.15, -0.1) is 6.58 Å². The summed E-state index contributed by atoms with van der Waals surface area (Å²) in [5, 5.41) is 5.85. The Balaban J connectivity index is 1.56. The molecule has 0 bridgehead atoms. The monoisotopic (exact) mass is 461 g/mol. The number of benzene rings is 2. The third kappa shape index (κ3) is 4.80. The maximum absolute atomic E-state index is 12.2. The Bertz CT molecular complexity index is 1270. The summed E-state index contributed by atoms with van der Waals surface area (Å²) in [6.07, 6.45) is 6.08. The van der Waals surface area contributed by atoms with Gasteiger partial charge in [-0.25, -0.2) is 0 Å². The van der Waals surface area contributed by atoms with Gasteiger partial charge in [0.05, 0.1) is 13.7 Å². The van der Waals surface area contributed by atoms with Gasteiger partial charge >= 0.3 is 0 Å². The number of thiocarbonyl (C=S) groups is 1. The van der Waals surface area contributed by atoms with Gasteiger partial charge in [-0.3, -0.25) is 20.2 Å². The van der Waals surface area contributed by atoms with Crippen molar-refractivity contribution in [3.8, 4) is 11.5 Å². The summed E-state index contributed by atoms with van der Waals surface area (Å²) in [6.45, 7) is 4.73. The molecule has 4 rings (SSSR count). The number of hydrogen-bond donors (Lipinski definition) is 2. The fraction of sp³-hybridized carbons (Fsp3) is 0.160. The molecule has 3 aromatic rings. The number of methoxy groups -OCH3 is 1. The molecule has 33 heavy (non-hydrogen) atoms. The first-order valence-corrected chi connectivity index (χ1v) is 10.8. The number of carbonyl (C=O) groups excluding carboxylic acids is 2. The molecule has 2 N–H and O–H groups in total. The van der Waals surface area contributed by atoms with Crippen molar-refractivity contribution in [1.29, 1.82) is 0 Å². The SMILES string of the molecule is C=CCc1ccc(OCCn2cc(C=C3C(=O)NC(=S)NC3=O)c3ccccc32)c(OC)c1. The van der Waals surface area contributed by atoms with Gasteiger partial charge in [0, 0.05) is 22.7 Å². The second-order valence-corrected chi connectivity index (χ2v) is 7.83. The molecule has 0 saturated carbocycles. The third-order valence-corrected chi connectivity index (χ3v) is 5.46. The number of nitrogens with one attached hydrogen (secondary N) is 2. The van der Waals surface area contributed by atoms with Crippen LogP contribution in [-0.4, -0.2) is 35.2 Å². The Morgan fingerprint density at radius 3 is 2.58 bits per heavy atom. The molecule has 0 spiro atoms. The second kappa shape index (κ2) is 9.70. The van der Waals surface area contributed by atoms with Crippen LogP contribution >= 0.6 is 12.2 Å². The number of ether oxygens (including phenoxy) is 2. The molecule has 1 aliphatic rings. The minimum atomic E-state index is -0.518. The second-order valence-electron chi connectivity index (χ2n) is 7.42. The van der Waals surface area contributed by atoms with Crippen LogP contribution in [0.1, 0.15) is 11.1 Å². The van der Waals surface area contributed by atoms with E-state index in [0.717, 1.165) is 28.5 Å². The van der Waals surface area contributed by atoms with Crippen molar-refractivity contribution >= 4 is 46.1 Å². The van der Waals surface area contributed by atoms with E-state index in [2.05, 4.69) is 17.2 Å². The van der Waals surface area contributed by atoms with Gasteiger partial charge in [0.2, 0.25) is 0 Å². The first-order valence-electron chi connectivity index (χ1n) is 10.4. The quantitative estimate of drug-likeness (QED) is 0.233. The lowest BCUT2D eigenvalue weighted by Crippen LogP contribution is -2.51. The number of nitrogens with zero attached hydrogens (tertiary/aromatic N) is 1. The Morgan fingerprint density at radius 2 is 1.85 bits per heavy atom. The molecule has 1 fully saturated rings. The van der Waals surface area contributed by atoms with Crippen molar-refractivity contribution in [1.82, 2.24) is 15.2 Å². The topological polar surface area (TPSA) is 81.6 Å². The van der Waals surface area contributed by atoms with Crippen molar-refractivity contribution in [2.45, 2.75) is 13.0 Å². The fourth-order valence-electron chi connectivity index (χ4n) is 3.72. The lowest BCUT2D eigenvalue weighted by molar-refractivity contribution is -0.123. The van der Waals surface area contributed by atoms with E-state index in [1.54, 1.807) is 13.2 Å². The number of hydrogen-bond acceptors (Lipinski definition) is 5. The van der Waals surface area contributed by atoms with Crippen LogP contribution in [0.5, 0.6) is 11.5 Å². The van der Waals surface area contributed by atoms with Crippen LogP contribution in [0.3, 0.4) is 0 Å². The summed E-state index contributed by atoms with van der Waals surface area (Å²) in [4.78, 5) is 24.5. The van der Waals surface area contributed by atoms with Crippen LogP contribution in [0.4, 0.5) is 0 Å². The molecule has 7 nitrogen and oxygen atoms in total. The summed E-state index contributed by atoms with van der Waals surface area (Å²) in [5.74, 6) is 0.298. The third-order valence-electron chi connectivity index (χ3n) is 5.26. The number of fused-ring (bicyclic) bond motifs is 1. The summed E-state index contributed by atoms with van der Waals surface area (Å²) < 4.78 is 13.5. The summed E-state index contributed by atoms with van der Waals surface area (Å²) in [5.41, 5.74) is 2.82. The van der Waals surface area contributed by atoms with Crippen LogP contribution in [0, 0.1) is 0 Å². The van der Waals surface area contributed by atoms with Crippen molar-refractivity contribution < 1.29 is 19.1 Å². The number of allylic oxidation sites excluding steroid dienone is 1. The van der Waals surface area contributed by atoms with E-state index in [4.69, 9.17) is 21.7 Å². The minimum absolute atomic E-state index is 0.00658. The highest BCUT2D eigenvalue weighted by Gasteiger charge is 2.26. The molecule has 2 heterocycles. The predicted molar refractivity (Wildman–Crippen MR) is 131 cm³/mol. The highest BCUT2D eigenvalue weighted by molar-refractivity contribution is 7.80. The Hall–Kier alpha value is -3.91. The zero-order valence-corrected chi connectivity index (χ0v) is 18.9. The summed E-state index contributed by atoms with van der Waals surface area (Å²) in [7, 11) is 1.61. The lowest BCUT2D eigenvalue weighted by atomic mass is 10.1. The van der Waals surface area contributed by atoms with Gasteiger partial charge in [0.15, 0.2) is 16.6 Å². The predicted octanol–water partition coefficient (Wildman–Crippen LogP) is 3.37. The molecule has 2 amide bonds. The minimum Gasteiger partial charge on any atom is -0.493 e. The number of amides is 2. The smallest absolute Gasteiger partial charge is 0.263 e. The molecule has 2 aromatic carbocycles. The van der Waals surface area contributed by atoms with Gasteiger partial charge in [-0.1, -0.05) is 30.3 Å². The molecule has 0 atom stereocenters. The highest BCUT2D eigenvalue weighted by Crippen LogP contribution is 2.29. The molecule has 1 aromatic heterocycles. The van der Waals surface area contributed by atoms with Gasteiger partial charge in [-0.2, -0.15) is 0 Å². The zero-order chi connectivity index (χ0) is 23.4. The van der Waals surface area contributed by atoms with E-state index in [0.29, 0.717) is 24.7 Å². The van der Waals surface area contributed by atoms with Gasteiger partial charge in [-0.05, 0) is 48.5 Å². The fourth-order valence-corrected chi connectivity index (χ4v) is 3.90. The summed E-state index contributed by atoms with van der Waals surface area (Å²) in [6, 6.07) is 13.6. The molecular formula is C25H23N3O4S. The maximum atomic E-state index is 12.2. The lowest BCUT2D eigenvalue weighted by Gasteiger charge is -2.16. The van der Waals surface area contributed by atoms with E-state index in [-0.39, 0.29) is 10.7 Å². The van der Waals surface area contributed by atoms with Crippen LogP contribution in [0.15, 0.2) is 66.9 Å². The number of rotatable bonds is 8. The molecule has 1 aliphatic heterocycles. The standard InChI is InChI=1S/C25H23N3O4S/c1-3-6-16-9-10-21(22(13-16)31-2)32-12-11-28-15-17(18-7-4-5-8-20(18)28)14-19-23(29)26-25(33)27-24(19)30/h3-5,7-10,13-15H,1,6,11-12H2,2H3,(H2,26,27,29,30,33). The molecular weight excluding hydrogens is 438 g/mol. The maximum Gasteiger partial charge on any atom is 0.263 e. The van der Waals surface area contributed by atoms with Gasteiger partial charge in [0.1, 0.15) is 12.2 Å². The Morgan fingerprint density at radius 1 is 1.09 bits per heavy atom. The van der Waals surface area contributed by atoms with E-state index < -0.39 is 11.8 Å². The van der Waals surface area contributed by atoms with Crippen molar-refractivity contribution in [3.63, 3.8) is 0 Å². The number of carbonyl (C=O) groups is 2. The zero-order valence-electron chi connectivity index (χ0n) is 18.1. The van der Waals surface area contributed by atoms with Crippen LogP contribution < -0.4 is 20.1 Å². The molecule has 0 aliphatic carbocycles. The molecule has 1 saturated heterocycles. The van der Waals surface area contributed by atoms with Crippen molar-refractivity contribution in [2.75, 3.05) is 13.7 Å². The van der Waals surface area contributed by atoms with Gasteiger partial charge in [0.25, 0.3) is 11.8 Å². The average molecular weight is 462 g/mol. The van der Waals surface area contributed by atoms with E-state index in [1.807, 2.05) is 59.3 Å². The Labute approximate surface area is 196 Å². The number of aromatic nitrogens is 1.